The van der Waals surface area contributed by atoms with Crippen molar-refractivity contribution in [3.63, 3.8) is 0 Å². The topological polar surface area (TPSA) is 23.6 Å². The Balaban J connectivity index is 0.00000208. The second-order valence-corrected chi connectivity index (χ2v) is 7.06. The van der Waals surface area contributed by atoms with Crippen molar-refractivity contribution in [2.24, 2.45) is 0 Å². The first-order valence-electron chi connectivity index (χ1n) is 9.41. The molecule has 24 heavy (non-hydrogen) atoms. The zero-order valence-corrected chi connectivity index (χ0v) is 15.7. The van der Waals surface area contributed by atoms with Crippen LogP contribution in [0.5, 0.6) is 0 Å². The lowest BCUT2D eigenvalue weighted by atomic mass is 9.90. The Kier molecular flexibility index (Phi) is 7.57. The molecule has 1 saturated heterocycles. The molecule has 0 aromatic heterocycles. The smallest absolute Gasteiger partial charge is 0.254 e. The molecule has 1 aromatic carbocycles. The highest BCUT2D eigenvalue weighted by Crippen LogP contribution is 2.26. The van der Waals surface area contributed by atoms with E-state index in [4.69, 9.17) is 0 Å². The summed E-state index contributed by atoms with van der Waals surface area (Å²) in [6.45, 7) is 6.59. The van der Waals surface area contributed by atoms with E-state index >= 15 is 0 Å². The molecule has 1 fully saturated rings. The van der Waals surface area contributed by atoms with Crippen molar-refractivity contribution in [1.82, 2.24) is 9.80 Å². The van der Waals surface area contributed by atoms with Crippen LogP contribution in [0, 0.1) is 0 Å². The van der Waals surface area contributed by atoms with Gasteiger partial charge in [0, 0.05) is 24.7 Å². The molecule has 134 valence electrons. The molecule has 0 aliphatic carbocycles. The first-order chi connectivity index (χ1) is 11.3. The van der Waals surface area contributed by atoms with Gasteiger partial charge in [-0.15, -0.1) is 12.4 Å². The van der Waals surface area contributed by atoms with Gasteiger partial charge in [-0.2, -0.15) is 0 Å². The van der Waals surface area contributed by atoms with Crippen LogP contribution in [0.2, 0.25) is 0 Å². The molecule has 3 nitrogen and oxygen atoms in total. The summed E-state index contributed by atoms with van der Waals surface area (Å²) >= 11 is 0. The Morgan fingerprint density at radius 3 is 2.58 bits per heavy atom. The van der Waals surface area contributed by atoms with Gasteiger partial charge in [-0.3, -0.25) is 4.79 Å². The number of halogens is 1. The summed E-state index contributed by atoms with van der Waals surface area (Å²) in [5.41, 5.74) is 2.18. The lowest BCUT2D eigenvalue weighted by Gasteiger charge is -2.38. The SMILES string of the molecule is CCCCCC1Cc2ccccc2C(=O)N1CCN1CCCC1.Cl. The molecule has 1 unspecified atom stereocenters. The van der Waals surface area contributed by atoms with E-state index in [2.05, 4.69) is 28.9 Å². The number of amides is 1. The zero-order valence-electron chi connectivity index (χ0n) is 14.9. The first-order valence-corrected chi connectivity index (χ1v) is 9.41. The third kappa shape index (κ3) is 4.52. The van der Waals surface area contributed by atoms with Crippen LogP contribution in [0.15, 0.2) is 24.3 Å². The summed E-state index contributed by atoms with van der Waals surface area (Å²) in [5.74, 6) is 0.257. The fourth-order valence-electron chi connectivity index (χ4n) is 4.02. The minimum Gasteiger partial charge on any atom is -0.334 e. The van der Waals surface area contributed by atoms with Gasteiger partial charge in [0.1, 0.15) is 0 Å². The van der Waals surface area contributed by atoms with Crippen molar-refractivity contribution in [3.8, 4) is 0 Å². The molecule has 0 saturated carbocycles. The van der Waals surface area contributed by atoms with Crippen molar-refractivity contribution in [1.29, 1.82) is 0 Å². The van der Waals surface area contributed by atoms with Gasteiger partial charge in [0.05, 0.1) is 0 Å². The van der Waals surface area contributed by atoms with Crippen LogP contribution in [-0.4, -0.2) is 47.9 Å². The quantitative estimate of drug-likeness (QED) is 0.689. The highest BCUT2D eigenvalue weighted by molar-refractivity contribution is 5.97. The van der Waals surface area contributed by atoms with Gasteiger partial charge in [0.2, 0.25) is 0 Å². The van der Waals surface area contributed by atoms with Crippen molar-refractivity contribution >= 4 is 18.3 Å². The summed E-state index contributed by atoms with van der Waals surface area (Å²) in [6.07, 6.45) is 8.56. The second-order valence-electron chi connectivity index (χ2n) is 7.06. The number of nitrogens with zero attached hydrogens (tertiary/aromatic N) is 2. The van der Waals surface area contributed by atoms with Crippen LogP contribution in [0.1, 0.15) is 61.4 Å². The van der Waals surface area contributed by atoms with Gasteiger partial charge in [0.15, 0.2) is 0 Å². The Morgan fingerprint density at radius 2 is 1.83 bits per heavy atom. The van der Waals surface area contributed by atoms with Crippen LogP contribution in [0.4, 0.5) is 0 Å². The molecular weight excluding hydrogens is 320 g/mol. The van der Waals surface area contributed by atoms with Crippen molar-refractivity contribution in [2.45, 2.75) is 57.9 Å². The van der Waals surface area contributed by atoms with Crippen molar-refractivity contribution < 1.29 is 4.79 Å². The molecule has 4 heteroatoms. The number of carbonyl (C=O) groups is 1. The summed E-state index contributed by atoms with van der Waals surface area (Å²) in [6, 6.07) is 8.59. The number of carbonyl (C=O) groups excluding carboxylic acids is 1. The molecule has 0 N–H and O–H groups in total. The maximum absolute atomic E-state index is 13.0. The largest absolute Gasteiger partial charge is 0.334 e. The minimum atomic E-state index is 0. The molecular formula is C20H31ClN2O. The average molecular weight is 351 g/mol. The first kappa shape index (κ1) is 19.3. The van der Waals surface area contributed by atoms with E-state index in [0.29, 0.717) is 6.04 Å². The summed E-state index contributed by atoms with van der Waals surface area (Å²) in [5, 5.41) is 0. The predicted octanol–water partition coefficient (Wildman–Crippen LogP) is 4.15. The summed E-state index contributed by atoms with van der Waals surface area (Å²) < 4.78 is 0. The van der Waals surface area contributed by atoms with Crippen molar-refractivity contribution in [3.05, 3.63) is 35.4 Å². The van der Waals surface area contributed by atoms with Crippen molar-refractivity contribution in [2.75, 3.05) is 26.2 Å². The fraction of sp³-hybridized carbons (Fsp3) is 0.650. The third-order valence-corrected chi connectivity index (χ3v) is 5.40. The Morgan fingerprint density at radius 1 is 1.08 bits per heavy atom. The average Bonchev–Trinajstić information content (AvgIpc) is 3.08. The van der Waals surface area contributed by atoms with Gasteiger partial charge in [-0.25, -0.2) is 0 Å². The third-order valence-electron chi connectivity index (χ3n) is 5.40. The normalized spacial score (nSPS) is 20.8. The lowest BCUT2D eigenvalue weighted by Crippen LogP contribution is -2.48. The Hall–Kier alpha value is -1.06. The van der Waals surface area contributed by atoms with Gasteiger partial charge < -0.3 is 9.80 Å². The van der Waals surface area contributed by atoms with E-state index in [1.54, 1.807) is 0 Å². The number of rotatable bonds is 7. The van der Waals surface area contributed by atoms with Crippen LogP contribution in [-0.2, 0) is 6.42 Å². The van der Waals surface area contributed by atoms with E-state index in [9.17, 15) is 4.79 Å². The Labute approximate surface area is 152 Å². The number of fused-ring (bicyclic) bond motifs is 1. The molecule has 2 aliphatic rings. The standard InChI is InChI=1S/C20H30N2O.ClH/c1-2-3-4-10-18-16-17-9-5-6-11-19(17)20(23)22(18)15-14-21-12-7-8-13-21;/h5-6,9,11,18H,2-4,7-8,10,12-16H2,1H3;1H. The zero-order chi connectivity index (χ0) is 16.1. The highest BCUT2D eigenvalue weighted by Gasteiger charge is 2.31. The highest BCUT2D eigenvalue weighted by atomic mass is 35.5. The number of likely N-dealkylation sites (tertiary alicyclic amines) is 1. The number of unbranched alkanes of at least 4 members (excludes halogenated alkanes) is 2. The maximum atomic E-state index is 13.0. The van der Waals surface area contributed by atoms with Crippen LogP contribution in [0.25, 0.3) is 0 Å². The van der Waals surface area contributed by atoms with E-state index in [1.165, 1.54) is 50.8 Å². The molecule has 2 heterocycles. The van der Waals surface area contributed by atoms with Gasteiger partial charge in [-0.05, 0) is 50.4 Å². The van der Waals surface area contributed by atoms with Crippen LogP contribution < -0.4 is 0 Å². The molecule has 1 aromatic rings. The molecule has 1 atom stereocenters. The maximum Gasteiger partial charge on any atom is 0.254 e. The number of hydrogen-bond donors (Lipinski definition) is 0. The van der Waals surface area contributed by atoms with Gasteiger partial charge >= 0.3 is 0 Å². The summed E-state index contributed by atoms with van der Waals surface area (Å²) in [7, 11) is 0. The van der Waals surface area contributed by atoms with Crippen LogP contribution >= 0.6 is 12.4 Å². The number of hydrogen-bond acceptors (Lipinski definition) is 2. The second kappa shape index (κ2) is 9.43. The van der Waals surface area contributed by atoms with E-state index < -0.39 is 0 Å². The number of benzene rings is 1. The van der Waals surface area contributed by atoms with E-state index in [1.807, 2.05) is 12.1 Å². The summed E-state index contributed by atoms with van der Waals surface area (Å²) in [4.78, 5) is 17.7. The molecule has 0 radical (unpaired) electrons. The lowest BCUT2D eigenvalue weighted by molar-refractivity contribution is 0.0615. The van der Waals surface area contributed by atoms with Gasteiger partial charge in [0.25, 0.3) is 5.91 Å². The Bertz CT molecular complexity index is 528. The molecule has 1 amide bonds. The predicted molar refractivity (Wildman–Crippen MR) is 102 cm³/mol. The molecule has 3 rings (SSSR count). The monoisotopic (exact) mass is 350 g/mol. The molecule has 0 spiro atoms. The molecule has 0 bridgehead atoms. The van der Waals surface area contributed by atoms with Crippen LogP contribution in [0.3, 0.4) is 0 Å². The van der Waals surface area contributed by atoms with Gasteiger partial charge in [-0.1, -0.05) is 44.4 Å². The fourth-order valence-corrected chi connectivity index (χ4v) is 4.02. The molecule has 2 aliphatic heterocycles. The minimum absolute atomic E-state index is 0. The van der Waals surface area contributed by atoms with E-state index in [0.717, 1.165) is 31.5 Å². The van der Waals surface area contributed by atoms with E-state index in [-0.39, 0.29) is 18.3 Å².